The van der Waals surface area contributed by atoms with Gasteiger partial charge in [-0.15, -0.1) is 0 Å². The fourth-order valence-electron chi connectivity index (χ4n) is 3.57. The number of Topliss-reactive ketones (excluding diaryl/α,β-unsaturated/α-hetero) is 1. The van der Waals surface area contributed by atoms with Crippen LogP contribution in [0.25, 0.3) is 11.1 Å². The quantitative estimate of drug-likeness (QED) is 0.511. The highest BCUT2D eigenvalue weighted by Crippen LogP contribution is 2.25. The number of carbonyl (C=O) groups is 1. The van der Waals surface area contributed by atoms with Crippen molar-refractivity contribution in [1.29, 1.82) is 5.41 Å². The van der Waals surface area contributed by atoms with Gasteiger partial charge in [0.1, 0.15) is 5.78 Å². The second-order valence-electron chi connectivity index (χ2n) is 7.16. The van der Waals surface area contributed by atoms with Crippen LogP contribution < -0.4 is 10.6 Å². The van der Waals surface area contributed by atoms with Gasteiger partial charge in [0.15, 0.2) is 0 Å². The summed E-state index contributed by atoms with van der Waals surface area (Å²) in [4.78, 5) is 23.1. The lowest BCUT2D eigenvalue weighted by Gasteiger charge is -2.23. The molecular formula is C21H27N5O2. The van der Waals surface area contributed by atoms with Crippen molar-refractivity contribution in [2.45, 2.75) is 38.1 Å². The van der Waals surface area contributed by atoms with Crippen molar-refractivity contribution >= 4 is 17.6 Å². The van der Waals surface area contributed by atoms with Crippen LogP contribution in [0, 0.1) is 5.41 Å². The highest BCUT2D eigenvalue weighted by atomic mass is 16.5. The molecular weight excluding hydrogens is 354 g/mol. The normalized spacial score (nSPS) is 16.3. The number of nitrogens with two attached hydrogens (primary N) is 1. The molecule has 1 atom stereocenters. The van der Waals surface area contributed by atoms with Crippen LogP contribution in [-0.2, 0) is 16.0 Å². The summed E-state index contributed by atoms with van der Waals surface area (Å²) in [6.45, 7) is 1.65. The van der Waals surface area contributed by atoms with Gasteiger partial charge in [0.2, 0.25) is 5.95 Å². The molecule has 7 nitrogen and oxygen atoms in total. The minimum atomic E-state index is -0.0817. The molecule has 1 fully saturated rings. The number of amidine groups is 1. The zero-order valence-corrected chi connectivity index (χ0v) is 16.2. The summed E-state index contributed by atoms with van der Waals surface area (Å²) in [6, 6.07) is 8.39. The number of nitrogens with zero attached hydrogens (tertiary/aromatic N) is 3. The minimum Gasteiger partial charge on any atom is -0.387 e. The van der Waals surface area contributed by atoms with E-state index >= 15 is 0 Å². The average molecular weight is 381 g/mol. The molecule has 1 aliphatic heterocycles. The lowest BCUT2D eigenvalue weighted by molar-refractivity contribution is -0.117. The Balaban J connectivity index is 1.67. The maximum Gasteiger partial charge on any atom is 0.225 e. The van der Waals surface area contributed by atoms with Crippen LogP contribution >= 0.6 is 0 Å². The molecule has 1 aromatic carbocycles. The van der Waals surface area contributed by atoms with Crippen LogP contribution in [0.2, 0.25) is 0 Å². The predicted octanol–water partition coefficient (Wildman–Crippen LogP) is 2.59. The molecule has 3 rings (SSSR count). The molecule has 2 heterocycles. The monoisotopic (exact) mass is 381 g/mol. The smallest absolute Gasteiger partial charge is 0.225 e. The number of hydrogen-bond donors (Lipinski definition) is 2. The van der Waals surface area contributed by atoms with Gasteiger partial charge >= 0.3 is 0 Å². The van der Waals surface area contributed by atoms with Crippen LogP contribution in [0.5, 0.6) is 0 Å². The van der Waals surface area contributed by atoms with Crippen LogP contribution in [0.3, 0.4) is 0 Å². The molecule has 1 unspecified atom stereocenters. The Hall–Kier alpha value is -2.80. The van der Waals surface area contributed by atoms with Gasteiger partial charge in [-0.2, -0.15) is 0 Å². The van der Waals surface area contributed by atoms with Crippen molar-refractivity contribution in [2.75, 3.05) is 25.2 Å². The first-order valence-electron chi connectivity index (χ1n) is 9.58. The number of aromatic nitrogens is 2. The van der Waals surface area contributed by atoms with Gasteiger partial charge in [-0.1, -0.05) is 24.3 Å². The van der Waals surface area contributed by atoms with Crippen LogP contribution in [-0.4, -0.2) is 47.9 Å². The summed E-state index contributed by atoms with van der Waals surface area (Å²) in [5.74, 6) is 0.651. The third-order valence-electron chi connectivity index (χ3n) is 4.97. The van der Waals surface area contributed by atoms with Crippen molar-refractivity contribution < 1.29 is 9.53 Å². The van der Waals surface area contributed by atoms with E-state index in [2.05, 4.69) is 20.9 Å². The van der Waals surface area contributed by atoms with Crippen LogP contribution in [0.1, 0.15) is 31.2 Å². The number of carbonyl (C=O) groups excluding carboxylic acids is 1. The number of methoxy groups -OCH3 is 1. The van der Waals surface area contributed by atoms with E-state index in [4.69, 9.17) is 15.9 Å². The van der Waals surface area contributed by atoms with Crippen molar-refractivity contribution in [2.24, 2.45) is 5.73 Å². The highest BCUT2D eigenvalue weighted by molar-refractivity contribution is 5.98. The van der Waals surface area contributed by atoms with Crippen molar-refractivity contribution in [1.82, 2.24) is 9.97 Å². The number of hydrogen-bond acceptors (Lipinski definition) is 6. The maximum absolute atomic E-state index is 11.8. The molecule has 1 aliphatic rings. The molecule has 0 amide bonds. The molecule has 0 saturated carbocycles. The highest BCUT2D eigenvalue weighted by Gasteiger charge is 2.26. The Labute approximate surface area is 165 Å². The number of rotatable bonds is 9. The fourth-order valence-corrected chi connectivity index (χ4v) is 3.57. The lowest BCUT2D eigenvalue weighted by Crippen LogP contribution is -2.34. The molecule has 1 saturated heterocycles. The second-order valence-corrected chi connectivity index (χ2v) is 7.16. The molecule has 0 spiro atoms. The molecule has 2 aromatic rings. The number of benzene rings is 1. The number of nitrogens with one attached hydrogen (secondary N) is 1. The van der Waals surface area contributed by atoms with E-state index in [1.54, 1.807) is 7.11 Å². The van der Waals surface area contributed by atoms with Crippen molar-refractivity contribution in [3.63, 3.8) is 0 Å². The molecule has 0 aliphatic carbocycles. The molecule has 148 valence electrons. The van der Waals surface area contributed by atoms with Gasteiger partial charge in [-0.3, -0.25) is 10.2 Å². The first kappa shape index (κ1) is 19.9. The minimum absolute atomic E-state index is 0.0122. The lowest BCUT2D eigenvalue weighted by atomic mass is 10.0. The van der Waals surface area contributed by atoms with Gasteiger partial charge in [0.25, 0.3) is 0 Å². The molecule has 0 radical (unpaired) electrons. The van der Waals surface area contributed by atoms with E-state index in [1.165, 1.54) is 0 Å². The predicted molar refractivity (Wildman–Crippen MR) is 110 cm³/mol. The Morgan fingerprint density at radius 2 is 2.11 bits per heavy atom. The standard InChI is InChI=1S/C21H27N5O2/c1-28-14-18-6-3-9-26(18)21-24-12-17(13-25-21)16-5-2-4-15(10-16)7-8-19(27)11-20(22)23/h2,4-5,10,12-13,18H,3,6-9,11,14H2,1H3,(H3,22,23). The van der Waals surface area contributed by atoms with Gasteiger partial charge in [-0.05, 0) is 30.4 Å². The van der Waals surface area contributed by atoms with E-state index in [0.717, 1.165) is 42.0 Å². The van der Waals surface area contributed by atoms with Gasteiger partial charge in [0.05, 0.1) is 24.9 Å². The van der Waals surface area contributed by atoms with Crippen molar-refractivity contribution in [3.05, 3.63) is 42.2 Å². The maximum atomic E-state index is 11.8. The summed E-state index contributed by atoms with van der Waals surface area (Å²) in [7, 11) is 1.72. The van der Waals surface area contributed by atoms with Crippen LogP contribution in [0.4, 0.5) is 5.95 Å². The fraction of sp³-hybridized carbons (Fsp3) is 0.429. The largest absolute Gasteiger partial charge is 0.387 e. The summed E-state index contributed by atoms with van der Waals surface area (Å²) < 4.78 is 5.30. The van der Waals surface area contributed by atoms with E-state index in [0.29, 0.717) is 25.5 Å². The Bertz CT molecular complexity index is 822. The molecule has 3 N–H and O–H groups in total. The molecule has 28 heavy (non-hydrogen) atoms. The zero-order chi connectivity index (χ0) is 19.9. The topological polar surface area (TPSA) is 105 Å². The van der Waals surface area contributed by atoms with E-state index in [9.17, 15) is 4.79 Å². The Morgan fingerprint density at radius 1 is 1.32 bits per heavy atom. The molecule has 1 aromatic heterocycles. The number of ether oxygens (including phenoxy) is 1. The number of ketones is 1. The van der Waals surface area contributed by atoms with E-state index in [-0.39, 0.29) is 18.0 Å². The van der Waals surface area contributed by atoms with Gasteiger partial charge < -0.3 is 15.4 Å². The van der Waals surface area contributed by atoms with Crippen LogP contribution in [0.15, 0.2) is 36.7 Å². The molecule has 0 bridgehead atoms. The van der Waals surface area contributed by atoms with E-state index < -0.39 is 0 Å². The third kappa shape index (κ3) is 5.13. The third-order valence-corrected chi connectivity index (χ3v) is 4.97. The number of aryl methyl sites for hydroxylation is 1. The molecule has 7 heteroatoms. The number of anilines is 1. The van der Waals surface area contributed by atoms with Crippen molar-refractivity contribution in [3.8, 4) is 11.1 Å². The summed E-state index contributed by atoms with van der Waals surface area (Å²) >= 11 is 0. The first-order chi connectivity index (χ1) is 13.6. The summed E-state index contributed by atoms with van der Waals surface area (Å²) in [5.41, 5.74) is 8.32. The SMILES string of the molecule is COCC1CCCN1c1ncc(-c2cccc(CCC(=O)CC(=N)N)c2)cn1. The average Bonchev–Trinajstić information content (AvgIpc) is 3.15. The Kier molecular flexibility index (Phi) is 6.71. The van der Waals surface area contributed by atoms with Gasteiger partial charge in [-0.25, -0.2) is 9.97 Å². The van der Waals surface area contributed by atoms with E-state index in [1.807, 2.05) is 30.6 Å². The summed E-state index contributed by atoms with van der Waals surface area (Å²) in [6.07, 6.45) is 6.97. The first-order valence-corrected chi connectivity index (χ1v) is 9.58. The van der Waals surface area contributed by atoms with Gasteiger partial charge in [0, 0.05) is 38.0 Å². The Morgan fingerprint density at radius 3 is 2.82 bits per heavy atom. The summed E-state index contributed by atoms with van der Waals surface area (Å²) in [5, 5.41) is 7.20. The second kappa shape index (κ2) is 9.41. The zero-order valence-electron chi connectivity index (χ0n) is 16.2.